The van der Waals surface area contributed by atoms with E-state index in [1.54, 1.807) is 16.7 Å². The molecule has 22 heavy (non-hydrogen) atoms. The van der Waals surface area contributed by atoms with Gasteiger partial charge in [-0.15, -0.1) is 0 Å². The van der Waals surface area contributed by atoms with E-state index in [9.17, 15) is 9.59 Å². The lowest BCUT2D eigenvalue weighted by atomic mass is 9.90. The summed E-state index contributed by atoms with van der Waals surface area (Å²) in [4.78, 5) is 27.8. The van der Waals surface area contributed by atoms with Crippen molar-refractivity contribution in [1.29, 1.82) is 0 Å². The second kappa shape index (κ2) is 7.40. The summed E-state index contributed by atoms with van der Waals surface area (Å²) in [5, 5.41) is 9.06. The fourth-order valence-corrected chi connectivity index (χ4v) is 3.12. The van der Waals surface area contributed by atoms with Crippen molar-refractivity contribution in [2.24, 2.45) is 0 Å². The molecule has 1 N–H and O–H groups in total. The number of carbonyl (C=O) groups is 2. The normalized spacial score (nSPS) is 17.0. The maximum absolute atomic E-state index is 12.5. The molecular weight excluding hydrogens is 280 g/mol. The fraction of sp³-hybridized carbons (Fsp3) is 0.529. The molecule has 0 aromatic heterocycles. The van der Waals surface area contributed by atoms with E-state index in [1.165, 1.54) is 5.56 Å². The molecule has 5 nitrogen and oxygen atoms in total. The number of fused-ring (bicyclic) bond motifs is 1. The summed E-state index contributed by atoms with van der Waals surface area (Å²) < 4.78 is 0. The van der Waals surface area contributed by atoms with Gasteiger partial charge in [0.2, 0.25) is 11.8 Å². The van der Waals surface area contributed by atoms with E-state index in [4.69, 9.17) is 5.11 Å². The number of aliphatic hydroxyl groups is 1. The number of amides is 2. The second-order valence-electron chi connectivity index (χ2n) is 5.58. The first-order valence-electron chi connectivity index (χ1n) is 7.82. The lowest BCUT2D eigenvalue weighted by molar-refractivity contribution is -0.136. The van der Waals surface area contributed by atoms with Crippen molar-refractivity contribution < 1.29 is 14.7 Å². The summed E-state index contributed by atoms with van der Waals surface area (Å²) in [6.45, 7) is 4.95. The van der Waals surface area contributed by atoms with Crippen LogP contribution in [0.4, 0.5) is 0 Å². The quantitative estimate of drug-likeness (QED) is 0.893. The molecule has 1 aliphatic rings. The minimum Gasteiger partial charge on any atom is -0.395 e. The van der Waals surface area contributed by atoms with Gasteiger partial charge in [-0.2, -0.15) is 0 Å². The second-order valence-corrected chi connectivity index (χ2v) is 5.58. The van der Waals surface area contributed by atoms with Gasteiger partial charge in [0, 0.05) is 26.6 Å². The van der Waals surface area contributed by atoms with Crippen LogP contribution in [0.5, 0.6) is 0 Å². The number of hydrogen-bond donors (Lipinski definition) is 1. The van der Waals surface area contributed by atoms with Crippen LogP contribution in [0, 0.1) is 0 Å². The van der Waals surface area contributed by atoms with Gasteiger partial charge in [-0.1, -0.05) is 24.3 Å². The average molecular weight is 304 g/mol. The summed E-state index contributed by atoms with van der Waals surface area (Å²) in [5.41, 5.74) is 2.28. The molecule has 0 bridgehead atoms. The van der Waals surface area contributed by atoms with Crippen LogP contribution in [-0.4, -0.2) is 53.0 Å². The molecule has 1 atom stereocenters. The Labute approximate surface area is 131 Å². The van der Waals surface area contributed by atoms with Crippen LogP contribution in [0.15, 0.2) is 24.3 Å². The summed E-state index contributed by atoms with van der Waals surface area (Å²) in [6.07, 6.45) is 1.10. The van der Waals surface area contributed by atoms with Gasteiger partial charge in [-0.25, -0.2) is 0 Å². The Bertz CT molecular complexity index is 544. The molecular formula is C17H24N2O3. The van der Waals surface area contributed by atoms with Crippen LogP contribution in [-0.2, 0) is 16.0 Å². The molecule has 2 rings (SSSR count). The monoisotopic (exact) mass is 304 g/mol. The molecule has 0 fully saturated rings. The predicted molar refractivity (Wildman–Crippen MR) is 84.2 cm³/mol. The zero-order valence-electron chi connectivity index (χ0n) is 13.3. The highest BCUT2D eigenvalue weighted by Gasteiger charge is 2.31. The number of aliphatic hydroxyl groups excluding tert-OH is 1. The molecule has 2 amide bonds. The Kier molecular flexibility index (Phi) is 5.55. The summed E-state index contributed by atoms with van der Waals surface area (Å²) in [5.74, 6) is -0.0259. The van der Waals surface area contributed by atoms with E-state index in [0.717, 1.165) is 12.0 Å². The topological polar surface area (TPSA) is 60.9 Å². The SMILES string of the molecule is CCN(CCO)C(=O)CC1c2ccccc2CCN1C(C)=O. The molecule has 1 heterocycles. The Hall–Kier alpha value is -1.88. The third kappa shape index (κ3) is 3.47. The Morgan fingerprint density at radius 3 is 2.73 bits per heavy atom. The highest BCUT2D eigenvalue weighted by Crippen LogP contribution is 2.32. The minimum absolute atomic E-state index is 0.00231. The molecule has 0 saturated carbocycles. The number of likely N-dealkylation sites (N-methyl/N-ethyl adjacent to an activating group) is 1. The number of rotatable bonds is 5. The molecule has 120 valence electrons. The molecule has 5 heteroatoms. The van der Waals surface area contributed by atoms with Crippen molar-refractivity contribution in [3.63, 3.8) is 0 Å². The largest absolute Gasteiger partial charge is 0.395 e. The van der Waals surface area contributed by atoms with Crippen LogP contribution >= 0.6 is 0 Å². The molecule has 0 radical (unpaired) electrons. The Morgan fingerprint density at radius 1 is 1.36 bits per heavy atom. The van der Waals surface area contributed by atoms with Gasteiger partial charge in [-0.3, -0.25) is 9.59 Å². The summed E-state index contributed by atoms with van der Waals surface area (Å²) >= 11 is 0. The Balaban J connectivity index is 2.24. The molecule has 1 unspecified atom stereocenters. The van der Waals surface area contributed by atoms with E-state index < -0.39 is 0 Å². The van der Waals surface area contributed by atoms with E-state index in [1.807, 2.05) is 25.1 Å². The maximum atomic E-state index is 12.5. The standard InChI is InChI=1S/C17H24N2O3/c1-3-18(10-11-20)17(22)12-16-15-7-5-4-6-14(15)8-9-19(16)13(2)21/h4-7,16,20H,3,8-12H2,1-2H3. The lowest BCUT2D eigenvalue weighted by Crippen LogP contribution is -2.42. The van der Waals surface area contributed by atoms with Crippen LogP contribution in [0.3, 0.4) is 0 Å². The van der Waals surface area contributed by atoms with Gasteiger partial charge in [0.15, 0.2) is 0 Å². The van der Waals surface area contributed by atoms with Gasteiger partial charge in [-0.05, 0) is 24.5 Å². The molecule has 1 aliphatic heterocycles. The molecule has 0 spiro atoms. The van der Waals surface area contributed by atoms with E-state index in [-0.39, 0.29) is 30.9 Å². The van der Waals surface area contributed by atoms with Crippen molar-refractivity contribution in [3.8, 4) is 0 Å². The number of nitrogens with zero attached hydrogens (tertiary/aromatic N) is 2. The summed E-state index contributed by atoms with van der Waals surface area (Å²) in [6, 6.07) is 7.80. The Morgan fingerprint density at radius 2 is 2.09 bits per heavy atom. The zero-order valence-corrected chi connectivity index (χ0v) is 13.3. The van der Waals surface area contributed by atoms with Crippen LogP contribution < -0.4 is 0 Å². The molecule has 1 aromatic rings. The van der Waals surface area contributed by atoms with Crippen molar-refractivity contribution in [3.05, 3.63) is 35.4 Å². The summed E-state index contributed by atoms with van der Waals surface area (Å²) in [7, 11) is 0. The first kappa shape index (κ1) is 16.5. The van der Waals surface area contributed by atoms with Crippen molar-refractivity contribution >= 4 is 11.8 Å². The number of benzene rings is 1. The van der Waals surface area contributed by atoms with Gasteiger partial charge in [0.25, 0.3) is 0 Å². The van der Waals surface area contributed by atoms with Crippen molar-refractivity contribution in [1.82, 2.24) is 9.80 Å². The van der Waals surface area contributed by atoms with Crippen LogP contribution in [0.2, 0.25) is 0 Å². The number of hydrogen-bond acceptors (Lipinski definition) is 3. The zero-order chi connectivity index (χ0) is 16.1. The van der Waals surface area contributed by atoms with Gasteiger partial charge < -0.3 is 14.9 Å². The first-order chi connectivity index (χ1) is 10.6. The highest BCUT2D eigenvalue weighted by molar-refractivity contribution is 5.79. The van der Waals surface area contributed by atoms with Crippen molar-refractivity contribution in [2.75, 3.05) is 26.2 Å². The first-order valence-corrected chi connectivity index (χ1v) is 7.82. The van der Waals surface area contributed by atoms with Crippen molar-refractivity contribution in [2.45, 2.75) is 32.7 Å². The van der Waals surface area contributed by atoms with E-state index >= 15 is 0 Å². The van der Waals surface area contributed by atoms with Gasteiger partial charge >= 0.3 is 0 Å². The smallest absolute Gasteiger partial charge is 0.225 e. The highest BCUT2D eigenvalue weighted by atomic mass is 16.3. The van der Waals surface area contributed by atoms with Gasteiger partial charge in [0.05, 0.1) is 19.1 Å². The molecule has 0 aliphatic carbocycles. The van der Waals surface area contributed by atoms with Crippen LogP contribution in [0.25, 0.3) is 0 Å². The third-order valence-corrected chi connectivity index (χ3v) is 4.29. The average Bonchev–Trinajstić information content (AvgIpc) is 2.52. The van der Waals surface area contributed by atoms with E-state index in [2.05, 4.69) is 6.07 Å². The predicted octanol–water partition coefficient (Wildman–Crippen LogP) is 1.36. The lowest BCUT2D eigenvalue weighted by Gasteiger charge is -2.37. The molecule has 0 saturated heterocycles. The van der Waals surface area contributed by atoms with Gasteiger partial charge in [0.1, 0.15) is 0 Å². The van der Waals surface area contributed by atoms with Crippen LogP contribution in [0.1, 0.15) is 37.4 Å². The number of carbonyl (C=O) groups excluding carboxylic acids is 2. The maximum Gasteiger partial charge on any atom is 0.225 e. The third-order valence-electron chi connectivity index (χ3n) is 4.29. The van der Waals surface area contributed by atoms with E-state index in [0.29, 0.717) is 19.6 Å². The minimum atomic E-state index is -0.206. The molecule has 1 aromatic carbocycles. The fourth-order valence-electron chi connectivity index (χ4n) is 3.12.